The van der Waals surface area contributed by atoms with Gasteiger partial charge in [-0.2, -0.15) is 0 Å². The molecule has 0 amide bonds. The van der Waals surface area contributed by atoms with E-state index >= 15 is 0 Å². The molecule has 0 aliphatic heterocycles. The number of fused-ring (bicyclic) bond motifs is 1. The largest absolute Gasteiger partial charge is 0.464 e. The van der Waals surface area contributed by atoms with Gasteiger partial charge in [-0.3, -0.25) is 4.79 Å². The van der Waals surface area contributed by atoms with Gasteiger partial charge in [0.15, 0.2) is 0 Å². The minimum Gasteiger partial charge on any atom is -0.464 e. The number of furan rings is 1. The first-order valence-electron chi connectivity index (χ1n) is 6.99. The highest BCUT2D eigenvalue weighted by Gasteiger charge is 2.12. The fourth-order valence-electron chi connectivity index (χ4n) is 2.31. The van der Waals surface area contributed by atoms with Crippen molar-refractivity contribution >= 4 is 16.9 Å². The Balaban J connectivity index is 1.67. The van der Waals surface area contributed by atoms with Gasteiger partial charge < -0.3 is 9.15 Å². The van der Waals surface area contributed by atoms with Crippen molar-refractivity contribution in [1.29, 1.82) is 0 Å². The molecule has 0 spiro atoms. The van der Waals surface area contributed by atoms with Crippen LogP contribution in [0.15, 0.2) is 53.1 Å². The number of hydrogen-bond donors (Lipinski definition) is 0. The minimum absolute atomic E-state index is 0.0690. The monoisotopic (exact) mass is 298 g/mol. The van der Waals surface area contributed by atoms with Crippen LogP contribution >= 0.6 is 0 Å². The van der Waals surface area contributed by atoms with E-state index in [0.717, 1.165) is 22.1 Å². The van der Waals surface area contributed by atoms with Crippen molar-refractivity contribution in [2.24, 2.45) is 0 Å². The SMILES string of the molecule is Cc1ccc2c(CC(=O)OCc3ccccc3F)coc2c1. The van der Waals surface area contributed by atoms with Gasteiger partial charge in [0.2, 0.25) is 0 Å². The van der Waals surface area contributed by atoms with E-state index in [1.165, 1.54) is 6.07 Å². The van der Waals surface area contributed by atoms with Crippen LogP contribution in [-0.4, -0.2) is 5.97 Å². The maximum Gasteiger partial charge on any atom is 0.310 e. The lowest BCUT2D eigenvalue weighted by atomic mass is 10.1. The summed E-state index contributed by atoms with van der Waals surface area (Å²) in [4.78, 5) is 11.9. The van der Waals surface area contributed by atoms with E-state index in [1.807, 2.05) is 25.1 Å². The highest BCUT2D eigenvalue weighted by atomic mass is 19.1. The standard InChI is InChI=1S/C18H15FO3/c1-12-6-7-15-14(11-21-17(15)8-12)9-18(20)22-10-13-4-2-3-5-16(13)19/h2-8,11H,9-10H2,1H3. The van der Waals surface area contributed by atoms with E-state index in [1.54, 1.807) is 24.5 Å². The predicted molar refractivity (Wildman–Crippen MR) is 80.9 cm³/mol. The smallest absolute Gasteiger partial charge is 0.310 e. The lowest BCUT2D eigenvalue weighted by molar-refractivity contribution is -0.144. The maximum atomic E-state index is 13.5. The van der Waals surface area contributed by atoms with Crippen LogP contribution in [0.1, 0.15) is 16.7 Å². The van der Waals surface area contributed by atoms with Crippen molar-refractivity contribution < 1.29 is 18.3 Å². The molecular formula is C18H15FO3. The van der Waals surface area contributed by atoms with Gasteiger partial charge in [0, 0.05) is 16.5 Å². The number of esters is 1. The Labute approximate surface area is 127 Å². The summed E-state index contributed by atoms with van der Waals surface area (Å²) in [6, 6.07) is 12.1. The van der Waals surface area contributed by atoms with Crippen LogP contribution in [0.4, 0.5) is 4.39 Å². The predicted octanol–water partition coefficient (Wildman–Crippen LogP) is 4.17. The summed E-state index contributed by atoms with van der Waals surface area (Å²) >= 11 is 0. The Morgan fingerprint density at radius 3 is 2.82 bits per heavy atom. The molecule has 3 nitrogen and oxygen atoms in total. The summed E-state index contributed by atoms with van der Waals surface area (Å²) in [5.74, 6) is -0.786. The molecule has 0 saturated carbocycles. The van der Waals surface area contributed by atoms with Gasteiger partial charge in [-0.15, -0.1) is 0 Å². The first-order valence-corrected chi connectivity index (χ1v) is 6.99. The van der Waals surface area contributed by atoms with Crippen LogP contribution in [0.2, 0.25) is 0 Å². The Morgan fingerprint density at radius 1 is 1.18 bits per heavy atom. The molecule has 0 aliphatic rings. The molecule has 112 valence electrons. The van der Waals surface area contributed by atoms with Crippen molar-refractivity contribution in [3.63, 3.8) is 0 Å². The molecule has 2 aromatic carbocycles. The lowest BCUT2D eigenvalue weighted by Crippen LogP contribution is -2.08. The molecule has 22 heavy (non-hydrogen) atoms. The Kier molecular flexibility index (Phi) is 3.92. The van der Waals surface area contributed by atoms with Crippen LogP contribution in [0.5, 0.6) is 0 Å². The fourth-order valence-corrected chi connectivity index (χ4v) is 2.31. The third kappa shape index (κ3) is 3.01. The number of hydrogen-bond acceptors (Lipinski definition) is 3. The molecule has 4 heteroatoms. The average Bonchev–Trinajstić information content (AvgIpc) is 2.88. The van der Waals surface area contributed by atoms with E-state index in [4.69, 9.17) is 9.15 Å². The minimum atomic E-state index is -0.411. The zero-order valence-electron chi connectivity index (χ0n) is 12.1. The quantitative estimate of drug-likeness (QED) is 0.679. The molecule has 0 N–H and O–H groups in total. The van der Waals surface area contributed by atoms with Crippen molar-refractivity contribution in [2.45, 2.75) is 20.0 Å². The molecule has 0 radical (unpaired) electrons. The molecule has 1 aromatic heterocycles. The van der Waals surface area contributed by atoms with Crippen molar-refractivity contribution in [1.82, 2.24) is 0 Å². The number of carbonyl (C=O) groups excluding carboxylic acids is 1. The average molecular weight is 298 g/mol. The first-order chi connectivity index (χ1) is 10.6. The van der Waals surface area contributed by atoms with Crippen LogP contribution in [0.3, 0.4) is 0 Å². The fraction of sp³-hybridized carbons (Fsp3) is 0.167. The van der Waals surface area contributed by atoms with Crippen LogP contribution in [0, 0.1) is 12.7 Å². The van der Waals surface area contributed by atoms with E-state index in [9.17, 15) is 9.18 Å². The van der Waals surface area contributed by atoms with Gasteiger partial charge in [0.25, 0.3) is 0 Å². The summed E-state index contributed by atoms with van der Waals surface area (Å²) in [6.45, 7) is 1.91. The van der Waals surface area contributed by atoms with Crippen molar-refractivity contribution in [3.8, 4) is 0 Å². The molecule has 3 aromatic rings. The summed E-state index contributed by atoms with van der Waals surface area (Å²) in [6.07, 6.45) is 1.67. The van der Waals surface area contributed by atoms with Crippen LogP contribution in [-0.2, 0) is 22.6 Å². The van der Waals surface area contributed by atoms with Crippen LogP contribution in [0.25, 0.3) is 11.0 Å². The van der Waals surface area contributed by atoms with Gasteiger partial charge in [-0.25, -0.2) is 4.39 Å². The van der Waals surface area contributed by atoms with E-state index in [-0.39, 0.29) is 18.8 Å². The molecule has 0 saturated heterocycles. The Morgan fingerprint density at radius 2 is 2.00 bits per heavy atom. The van der Waals surface area contributed by atoms with Gasteiger partial charge >= 0.3 is 5.97 Å². The lowest BCUT2D eigenvalue weighted by Gasteiger charge is -2.05. The summed E-state index contributed by atoms with van der Waals surface area (Å²) in [5.41, 5.74) is 2.98. The van der Waals surface area contributed by atoms with E-state index < -0.39 is 5.97 Å². The zero-order valence-corrected chi connectivity index (χ0v) is 12.1. The van der Waals surface area contributed by atoms with Crippen molar-refractivity contribution in [3.05, 3.63) is 71.2 Å². The second-order valence-corrected chi connectivity index (χ2v) is 5.19. The molecule has 1 heterocycles. The molecule has 0 atom stereocenters. The third-order valence-electron chi connectivity index (χ3n) is 3.49. The number of ether oxygens (including phenoxy) is 1. The van der Waals surface area contributed by atoms with Crippen LogP contribution < -0.4 is 0 Å². The second-order valence-electron chi connectivity index (χ2n) is 5.19. The number of carbonyl (C=O) groups is 1. The highest BCUT2D eigenvalue weighted by Crippen LogP contribution is 2.23. The van der Waals surface area contributed by atoms with Crippen molar-refractivity contribution in [2.75, 3.05) is 0 Å². The van der Waals surface area contributed by atoms with E-state index in [0.29, 0.717) is 5.56 Å². The highest BCUT2D eigenvalue weighted by molar-refractivity contribution is 5.86. The Hall–Kier alpha value is -2.62. The molecular weight excluding hydrogens is 283 g/mol. The second kappa shape index (κ2) is 6.02. The topological polar surface area (TPSA) is 39.4 Å². The molecule has 0 bridgehead atoms. The molecule has 0 fully saturated rings. The maximum absolute atomic E-state index is 13.5. The van der Waals surface area contributed by atoms with Gasteiger partial charge in [-0.1, -0.05) is 30.3 Å². The van der Waals surface area contributed by atoms with Gasteiger partial charge in [0.05, 0.1) is 12.7 Å². The number of rotatable bonds is 4. The van der Waals surface area contributed by atoms with Gasteiger partial charge in [-0.05, 0) is 24.6 Å². The molecule has 3 rings (SSSR count). The number of benzene rings is 2. The summed E-state index contributed by atoms with van der Waals surface area (Å²) in [5, 5.41) is 0.897. The number of halogens is 1. The zero-order chi connectivity index (χ0) is 15.5. The van der Waals surface area contributed by atoms with E-state index in [2.05, 4.69) is 0 Å². The number of aryl methyl sites for hydroxylation is 1. The summed E-state index contributed by atoms with van der Waals surface area (Å²) < 4.78 is 24.0. The Bertz CT molecular complexity index is 820. The normalized spacial score (nSPS) is 10.8. The summed E-state index contributed by atoms with van der Waals surface area (Å²) in [7, 11) is 0. The van der Waals surface area contributed by atoms with Gasteiger partial charge in [0.1, 0.15) is 18.0 Å². The third-order valence-corrected chi connectivity index (χ3v) is 3.49. The molecule has 0 unspecified atom stereocenters. The molecule has 0 aliphatic carbocycles. The first kappa shape index (κ1) is 14.3.